The van der Waals surface area contributed by atoms with Crippen LogP contribution in [-0.4, -0.2) is 23.7 Å². The lowest BCUT2D eigenvalue weighted by Gasteiger charge is -2.12. The first-order valence-electron chi connectivity index (χ1n) is 6.08. The molecule has 0 saturated carbocycles. The van der Waals surface area contributed by atoms with Gasteiger partial charge in [-0.3, -0.25) is 0 Å². The molecule has 2 aromatic carbocycles. The van der Waals surface area contributed by atoms with Crippen LogP contribution < -0.4 is 4.74 Å². The molecule has 0 aromatic heterocycles. The second-order valence-corrected chi connectivity index (χ2v) is 3.97. The zero-order valence-corrected chi connectivity index (χ0v) is 11.4. The largest absolute Gasteiger partial charge is 0.496 e. The molecule has 0 heterocycles. The van der Waals surface area contributed by atoms with E-state index < -0.39 is 5.09 Å². The molecular weight excluding hydrogens is 274 g/mol. The predicted molar refractivity (Wildman–Crippen MR) is 77.0 cm³/mol. The van der Waals surface area contributed by atoms with Gasteiger partial charge in [-0.2, -0.15) is 0 Å². The molecule has 0 aliphatic rings. The maximum absolute atomic E-state index is 10.7. The third-order valence-electron chi connectivity index (χ3n) is 2.70. The third kappa shape index (κ3) is 4.94. The number of carbonyl (C=O) groups excluding carboxylic acids is 1. The number of ether oxygens (including phenoxy) is 1. The highest BCUT2D eigenvalue weighted by Gasteiger charge is 2.10. The minimum atomic E-state index is -1.50. The van der Waals surface area contributed by atoms with Gasteiger partial charge in [0.25, 0.3) is 5.09 Å². The molecule has 0 atom stereocenters. The summed E-state index contributed by atoms with van der Waals surface area (Å²) in [6.07, 6.45) is 1.32. The average Bonchev–Trinajstić information content (AvgIpc) is 2.47. The Balaban J connectivity index is 0.000000491. The number of nitrogens with zero attached hydrogens (tertiary/aromatic N) is 1. The van der Waals surface area contributed by atoms with E-state index >= 15 is 0 Å². The minimum Gasteiger partial charge on any atom is -0.496 e. The second kappa shape index (κ2) is 8.31. The highest BCUT2D eigenvalue weighted by Crippen LogP contribution is 2.33. The van der Waals surface area contributed by atoms with Crippen LogP contribution in [0.25, 0.3) is 11.1 Å². The van der Waals surface area contributed by atoms with Crippen molar-refractivity contribution in [3.05, 3.63) is 64.2 Å². The van der Waals surface area contributed by atoms with E-state index in [-0.39, 0.29) is 0 Å². The van der Waals surface area contributed by atoms with Crippen molar-refractivity contribution in [2.45, 2.75) is 6.42 Å². The van der Waals surface area contributed by atoms with Gasteiger partial charge in [0.2, 0.25) is 0 Å². The van der Waals surface area contributed by atoms with Crippen LogP contribution in [0.4, 0.5) is 0 Å². The van der Waals surface area contributed by atoms with E-state index in [0.717, 1.165) is 28.7 Å². The summed E-state index contributed by atoms with van der Waals surface area (Å²) in [7, 11) is 1.65. The van der Waals surface area contributed by atoms with Gasteiger partial charge in [0.15, 0.2) is 0 Å². The first-order valence-corrected chi connectivity index (χ1v) is 6.08. The Morgan fingerprint density at radius 1 is 1.19 bits per heavy atom. The molecular formula is C15H15NO5. The molecule has 2 rings (SSSR count). The van der Waals surface area contributed by atoms with Crippen molar-refractivity contribution in [2.75, 3.05) is 7.11 Å². The molecule has 6 nitrogen and oxygen atoms in total. The fourth-order valence-corrected chi connectivity index (χ4v) is 1.94. The summed E-state index contributed by atoms with van der Waals surface area (Å²) in [4.78, 5) is 19.1. The van der Waals surface area contributed by atoms with Crippen molar-refractivity contribution in [3.63, 3.8) is 0 Å². The molecule has 1 N–H and O–H groups in total. The molecule has 110 valence electrons. The van der Waals surface area contributed by atoms with Crippen LogP contribution in [0.5, 0.6) is 5.75 Å². The van der Waals surface area contributed by atoms with E-state index in [9.17, 15) is 4.79 Å². The lowest BCUT2D eigenvalue weighted by molar-refractivity contribution is -0.742. The van der Waals surface area contributed by atoms with E-state index in [1.54, 1.807) is 7.11 Å². The van der Waals surface area contributed by atoms with Gasteiger partial charge in [0.1, 0.15) is 12.0 Å². The van der Waals surface area contributed by atoms with Crippen molar-refractivity contribution < 1.29 is 19.8 Å². The van der Waals surface area contributed by atoms with Gasteiger partial charge in [-0.25, -0.2) is 0 Å². The highest BCUT2D eigenvalue weighted by atomic mass is 16.9. The molecule has 0 bridgehead atoms. The maximum atomic E-state index is 10.7. The van der Waals surface area contributed by atoms with E-state index in [1.165, 1.54) is 0 Å². The highest BCUT2D eigenvalue weighted by molar-refractivity contribution is 5.76. The topological polar surface area (TPSA) is 89.7 Å². The Morgan fingerprint density at radius 2 is 1.81 bits per heavy atom. The molecule has 0 aliphatic heterocycles. The van der Waals surface area contributed by atoms with Crippen LogP contribution in [0.2, 0.25) is 0 Å². The monoisotopic (exact) mass is 289 g/mol. The van der Waals surface area contributed by atoms with Crippen molar-refractivity contribution in [1.82, 2.24) is 0 Å². The molecule has 0 fully saturated rings. The van der Waals surface area contributed by atoms with Gasteiger partial charge in [-0.15, -0.1) is 10.1 Å². The van der Waals surface area contributed by atoms with Crippen LogP contribution in [0, 0.1) is 10.1 Å². The van der Waals surface area contributed by atoms with Gasteiger partial charge in [0, 0.05) is 12.0 Å². The van der Waals surface area contributed by atoms with Gasteiger partial charge in [-0.05, 0) is 17.2 Å². The lowest BCUT2D eigenvalue weighted by atomic mass is 9.97. The normalized spacial score (nSPS) is 9.19. The first kappa shape index (κ1) is 16.2. The molecule has 0 saturated heterocycles. The number of hydrogen-bond acceptors (Lipinski definition) is 4. The van der Waals surface area contributed by atoms with E-state index in [2.05, 4.69) is 0 Å². The Morgan fingerprint density at radius 3 is 2.33 bits per heavy atom. The van der Waals surface area contributed by atoms with Crippen LogP contribution in [0.15, 0.2) is 48.5 Å². The zero-order valence-electron chi connectivity index (χ0n) is 11.4. The van der Waals surface area contributed by atoms with Gasteiger partial charge in [-0.1, -0.05) is 42.5 Å². The van der Waals surface area contributed by atoms with E-state index in [4.69, 9.17) is 20.1 Å². The zero-order chi connectivity index (χ0) is 15.7. The summed E-state index contributed by atoms with van der Waals surface area (Å²) in [5.74, 6) is 0.801. The number of hydrogen-bond donors (Lipinski definition) is 1. The first-order chi connectivity index (χ1) is 10.1. The molecule has 2 aromatic rings. The average molecular weight is 289 g/mol. The summed E-state index contributed by atoms with van der Waals surface area (Å²) in [5.41, 5.74) is 3.06. The molecule has 0 spiro atoms. The second-order valence-electron chi connectivity index (χ2n) is 3.97. The van der Waals surface area contributed by atoms with E-state index in [1.807, 2.05) is 48.5 Å². The summed E-state index contributed by atoms with van der Waals surface area (Å²) in [6, 6.07) is 15.7. The van der Waals surface area contributed by atoms with Crippen LogP contribution in [-0.2, 0) is 11.2 Å². The standard InChI is InChI=1S/C15H14O2.HNO3/c1-17-14-9-5-8-13(10-11-16)15(14)12-6-3-2-4-7-12;2-1(3)4/h2-9,11H,10H2,1H3;(H,2,3,4). The Labute approximate surface area is 121 Å². The summed E-state index contributed by atoms with van der Waals surface area (Å²) >= 11 is 0. The third-order valence-corrected chi connectivity index (χ3v) is 2.70. The molecule has 0 unspecified atom stereocenters. The van der Waals surface area contributed by atoms with Crippen molar-refractivity contribution in [3.8, 4) is 16.9 Å². The number of rotatable bonds is 4. The summed E-state index contributed by atoms with van der Waals surface area (Å²) in [6.45, 7) is 0. The summed E-state index contributed by atoms with van der Waals surface area (Å²) in [5, 5.41) is 13.6. The molecule has 21 heavy (non-hydrogen) atoms. The molecule has 0 aliphatic carbocycles. The van der Waals surface area contributed by atoms with Gasteiger partial charge >= 0.3 is 0 Å². The van der Waals surface area contributed by atoms with Crippen molar-refractivity contribution in [2.24, 2.45) is 0 Å². The minimum absolute atomic E-state index is 0.404. The fraction of sp³-hybridized carbons (Fsp3) is 0.133. The smallest absolute Gasteiger partial charge is 0.291 e. The Bertz CT molecular complexity index is 594. The van der Waals surface area contributed by atoms with E-state index in [0.29, 0.717) is 6.42 Å². The van der Waals surface area contributed by atoms with Crippen LogP contribution in [0.3, 0.4) is 0 Å². The lowest BCUT2D eigenvalue weighted by Crippen LogP contribution is -1.95. The molecule has 0 radical (unpaired) electrons. The van der Waals surface area contributed by atoms with Crippen LogP contribution in [0.1, 0.15) is 5.56 Å². The van der Waals surface area contributed by atoms with Crippen LogP contribution >= 0.6 is 0 Å². The van der Waals surface area contributed by atoms with Gasteiger partial charge < -0.3 is 14.7 Å². The predicted octanol–water partition coefficient (Wildman–Crippen LogP) is 2.76. The van der Waals surface area contributed by atoms with Crippen molar-refractivity contribution >= 4 is 6.29 Å². The number of benzene rings is 2. The SMILES string of the molecule is COc1cccc(CC=O)c1-c1ccccc1.O=[N+]([O-])O. The number of carbonyl (C=O) groups is 1. The molecule has 6 heteroatoms. The fourth-order valence-electron chi connectivity index (χ4n) is 1.94. The number of aldehydes is 1. The van der Waals surface area contributed by atoms with Gasteiger partial charge in [0.05, 0.1) is 7.11 Å². The van der Waals surface area contributed by atoms with Crippen molar-refractivity contribution in [1.29, 1.82) is 0 Å². The molecule has 0 amide bonds. The maximum Gasteiger partial charge on any atom is 0.291 e. The Kier molecular flexibility index (Phi) is 6.40. The summed E-state index contributed by atoms with van der Waals surface area (Å²) < 4.78 is 5.37. The quantitative estimate of drug-likeness (QED) is 0.531. The number of methoxy groups -OCH3 is 1. The Hall–Kier alpha value is -2.89.